The Morgan fingerprint density at radius 2 is 2.10 bits per heavy atom. The summed E-state index contributed by atoms with van der Waals surface area (Å²) in [5.41, 5.74) is 7.03. The van der Waals surface area contributed by atoms with Crippen LogP contribution in [0.4, 0.5) is 0 Å². The van der Waals surface area contributed by atoms with Crippen LogP contribution in [-0.4, -0.2) is 16.7 Å². The maximum Gasteiger partial charge on any atom is 0.246 e. The van der Waals surface area contributed by atoms with Gasteiger partial charge in [0.2, 0.25) is 5.89 Å². The molecule has 1 aromatic carbocycles. The molecule has 0 saturated heterocycles. The second kappa shape index (κ2) is 4.56. The fraction of sp³-hybridized carbons (Fsp3) is 0.500. The van der Waals surface area contributed by atoms with Crippen LogP contribution in [0.1, 0.15) is 43.0 Å². The first kappa shape index (κ1) is 12.8. The molecule has 2 aromatic rings. The lowest BCUT2D eigenvalue weighted by Gasteiger charge is -2.23. The molecule has 0 amide bonds. The molecule has 1 saturated carbocycles. The van der Waals surface area contributed by atoms with Gasteiger partial charge in [-0.1, -0.05) is 23.4 Å². The zero-order valence-corrected chi connectivity index (χ0v) is 12.1. The highest BCUT2D eigenvalue weighted by Crippen LogP contribution is 2.43. The van der Waals surface area contributed by atoms with E-state index in [0.717, 1.165) is 25.0 Å². The Morgan fingerprint density at radius 1 is 1.29 bits per heavy atom. The molecule has 2 heterocycles. The molecular formula is C16H19N3O2. The van der Waals surface area contributed by atoms with E-state index in [1.165, 1.54) is 5.56 Å². The normalized spacial score (nSPS) is 24.0. The number of ether oxygens (including phenoxy) is 1. The molecule has 2 aliphatic rings. The van der Waals surface area contributed by atoms with Crippen LogP contribution in [-0.2, 0) is 12.0 Å². The zero-order chi connectivity index (χ0) is 14.4. The molecular weight excluding hydrogens is 266 g/mol. The first-order valence-corrected chi connectivity index (χ1v) is 7.48. The van der Waals surface area contributed by atoms with Gasteiger partial charge in [-0.15, -0.1) is 0 Å². The Bertz CT molecular complexity index is 661. The van der Waals surface area contributed by atoms with Crippen LogP contribution < -0.4 is 10.5 Å². The molecule has 4 rings (SSSR count). The second-order valence-electron chi connectivity index (χ2n) is 6.33. The van der Waals surface area contributed by atoms with Crippen molar-refractivity contribution in [2.75, 3.05) is 6.61 Å². The van der Waals surface area contributed by atoms with Crippen molar-refractivity contribution in [2.45, 2.75) is 37.6 Å². The van der Waals surface area contributed by atoms with Crippen LogP contribution in [0.15, 0.2) is 28.8 Å². The summed E-state index contributed by atoms with van der Waals surface area (Å²) in [5, 5.41) is 4.14. The molecule has 2 unspecified atom stereocenters. The summed E-state index contributed by atoms with van der Waals surface area (Å²) in [4.78, 5) is 4.56. The number of rotatable bonds is 3. The van der Waals surface area contributed by atoms with Crippen molar-refractivity contribution in [1.82, 2.24) is 10.1 Å². The average Bonchev–Trinajstić information content (AvgIpc) is 3.24. The smallest absolute Gasteiger partial charge is 0.246 e. The first-order chi connectivity index (χ1) is 10.1. The molecule has 5 nitrogen and oxygen atoms in total. The summed E-state index contributed by atoms with van der Waals surface area (Å²) < 4.78 is 11.2. The standard InChI is InChI=1S/C16H19N3O2/c1-16(17,12-6-7-12)15-18-14(19-21-15)11-8-10-4-2-3-5-13(10)20-9-11/h2-5,11-12H,6-9,17H2,1H3. The minimum atomic E-state index is -0.501. The van der Waals surface area contributed by atoms with Gasteiger partial charge in [0.25, 0.3) is 0 Å². The van der Waals surface area contributed by atoms with E-state index in [1.54, 1.807) is 0 Å². The SMILES string of the molecule is CC(N)(c1nc(C2COc3ccccc3C2)no1)C1CC1. The van der Waals surface area contributed by atoms with E-state index in [4.69, 9.17) is 15.0 Å². The Morgan fingerprint density at radius 3 is 2.90 bits per heavy atom. The van der Waals surface area contributed by atoms with E-state index >= 15 is 0 Å². The van der Waals surface area contributed by atoms with Crippen molar-refractivity contribution in [2.24, 2.45) is 11.7 Å². The van der Waals surface area contributed by atoms with Crippen molar-refractivity contribution in [3.63, 3.8) is 0 Å². The lowest BCUT2D eigenvalue weighted by Crippen LogP contribution is -2.35. The fourth-order valence-corrected chi connectivity index (χ4v) is 2.97. The highest BCUT2D eigenvalue weighted by molar-refractivity contribution is 5.36. The van der Waals surface area contributed by atoms with Crippen LogP contribution in [0.3, 0.4) is 0 Å². The molecule has 5 heteroatoms. The van der Waals surface area contributed by atoms with Crippen molar-refractivity contribution in [1.29, 1.82) is 0 Å². The monoisotopic (exact) mass is 285 g/mol. The fourth-order valence-electron chi connectivity index (χ4n) is 2.97. The summed E-state index contributed by atoms with van der Waals surface area (Å²) in [5.74, 6) is 2.82. The largest absolute Gasteiger partial charge is 0.493 e. The number of benzene rings is 1. The van der Waals surface area contributed by atoms with Gasteiger partial charge in [0, 0.05) is 0 Å². The predicted octanol–water partition coefficient (Wildman–Crippen LogP) is 2.37. The average molecular weight is 285 g/mol. The van der Waals surface area contributed by atoms with Gasteiger partial charge in [0.05, 0.1) is 18.1 Å². The molecule has 0 spiro atoms. The number of nitrogens with zero attached hydrogens (tertiary/aromatic N) is 2. The minimum Gasteiger partial charge on any atom is -0.493 e. The lowest BCUT2D eigenvalue weighted by atomic mass is 9.95. The molecule has 1 aliphatic heterocycles. The highest BCUT2D eigenvalue weighted by Gasteiger charge is 2.44. The molecule has 110 valence electrons. The van der Waals surface area contributed by atoms with Gasteiger partial charge >= 0.3 is 0 Å². The van der Waals surface area contributed by atoms with Gasteiger partial charge in [-0.3, -0.25) is 0 Å². The number of para-hydroxylation sites is 1. The van der Waals surface area contributed by atoms with Crippen molar-refractivity contribution >= 4 is 0 Å². The van der Waals surface area contributed by atoms with Crippen molar-refractivity contribution in [3.05, 3.63) is 41.5 Å². The van der Waals surface area contributed by atoms with Gasteiger partial charge in [-0.25, -0.2) is 0 Å². The van der Waals surface area contributed by atoms with E-state index in [1.807, 2.05) is 25.1 Å². The van der Waals surface area contributed by atoms with Gasteiger partial charge < -0.3 is 15.0 Å². The molecule has 2 N–H and O–H groups in total. The summed E-state index contributed by atoms with van der Waals surface area (Å²) in [6, 6.07) is 8.09. The number of fused-ring (bicyclic) bond motifs is 1. The first-order valence-electron chi connectivity index (χ1n) is 7.48. The number of hydrogen-bond donors (Lipinski definition) is 1. The van der Waals surface area contributed by atoms with E-state index in [0.29, 0.717) is 24.2 Å². The van der Waals surface area contributed by atoms with Crippen LogP contribution in [0, 0.1) is 5.92 Å². The van der Waals surface area contributed by atoms with E-state index in [-0.39, 0.29) is 5.92 Å². The third kappa shape index (κ3) is 2.21. The number of hydrogen-bond acceptors (Lipinski definition) is 5. The molecule has 0 radical (unpaired) electrons. The highest BCUT2D eigenvalue weighted by atomic mass is 16.5. The van der Waals surface area contributed by atoms with E-state index in [2.05, 4.69) is 16.2 Å². The number of nitrogens with two attached hydrogens (primary N) is 1. The summed E-state index contributed by atoms with van der Waals surface area (Å²) in [6.07, 6.45) is 3.16. The predicted molar refractivity (Wildman–Crippen MR) is 76.9 cm³/mol. The summed E-state index contributed by atoms with van der Waals surface area (Å²) >= 11 is 0. The molecule has 1 aromatic heterocycles. The topological polar surface area (TPSA) is 74.2 Å². The third-order valence-electron chi connectivity index (χ3n) is 4.57. The maximum atomic E-state index is 6.34. The van der Waals surface area contributed by atoms with Gasteiger partial charge in [-0.2, -0.15) is 4.98 Å². The number of aromatic nitrogens is 2. The van der Waals surface area contributed by atoms with Crippen LogP contribution in [0.5, 0.6) is 5.75 Å². The van der Waals surface area contributed by atoms with Gasteiger partial charge in [-0.05, 0) is 43.7 Å². The Hall–Kier alpha value is -1.88. The van der Waals surface area contributed by atoms with Crippen LogP contribution >= 0.6 is 0 Å². The minimum absolute atomic E-state index is 0.132. The quantitative estimate of drug-likeness (QED) is 0.937. The Kier molecular flexibility index (Phi) is 2.79. The molecule has 1 aliphatic carbocycles. The molecule has 21 heavy (non-hydrogen) atoms. The van der Waals surface area contributed by atoms with E-state index < -0.39 is 5.54 Å². The second-order valence-corrected chi connectivity index (χ2v) is 6.33. The summed E-state index contributed by atoms with van der Waals surface area (Å²) in [7, 11) is 0. The maximum absolute atomic E-state index is 6.34. The van der Waals surface area contributed by atoms with Gasteiger partial charge in [0.15, 0.2) is 5.82 Å². The van der Waals surface area contributed by atoms with Crippen LogP contribution in [0.25, 0.3) is 0 Å². The van der Waals surface area contributed by atoms with Crippen molar-refractivity contribution < 1.29 is 9.26 Å². The lowest BCUT2D eigenvalue weighted by molar-refractivity contribution is 0.249. The molecule has 1 fully saturated rings. The third-order valence-corrected chi connectivity index (χ3v) is 4.57. The van der Waals surface area contributed by atoms with Crippen molar-refractivity contribution in [3.8, 4) is 5.75 Å². The van der Waals surface area contributed by atoms with E-state index in [9.17, 15) is 0 Å². The summed E-state index contributed by atoms with van der Waals surface area (Å²) in [6.45, 7) is 2.56. The molecule has 0 bridgehead atoms. The van der Waals surface area contributed by atoms with Crippen LogP contribution in [0.2, 0.25) is 0 Å². The zero-order valence-electron chi connectivity index (χ0n) is 12.1. The van der Waals surface area contributed by atoms with Gasteiger partial charge in [0.1, 0.15) is 5.75 Å². The Balaban J connectivity index is 1.57. The molecule has 2 atom stereocenters. The Labute approximate surface area is 123 Å².